The first-order valence-electron chi connectivity index (χ1n) is 9.66. The Balaban J connectivity index is 2.58. The van der Waals surface area contributed by atoms with Crippen LogP contribution >= 0.6 is 11.8 Å². The van der Waals surface area contributed by atoms with Crippen molar-refractivity contribution in [3.8, 4) is 0 Å². The molecule has 1 aliphatic rings. The van der Waals surface area contributed by atoms with Gasteiger partial charge in [0.25, 0.3) is 0 Å². The van der Waals surface area contributed by atoms with Crippen LogP contribution in [-0.2, 0) is 0 Å². The molecule has 0 radical (unpaired) electrons. The van der Waals surface area contributed by atoms with Crippen LogP contribution in [0.2, 0.25) is 0 Å². The van der Waals surface area contributed by atoms with Crippen molar-refractivity contribution in [3.63, 3.8) is 0 Å². The highest BCUT2D eigenvalue weighted by atomic mass is 32.2. The normalized spacial score (nSPS) is 27.6. The van der Waals surface area contributed by atoms with E-state index < -0.39 is 0 Å². The lowest BCUT2D eigenvalue weighted by Crippen LogP contribution is -2.39. The van der Waals surface area contributed by atoms with Crippen molar-refractivity contribution in [2.45, 2.75) is 114 Å². The maximum Gasteiger partial charge on any atom is 0.0203 e. The molecule has 1 N–H and O–H groups in total. The predicted molar refractivity (Wildman–Crippen MR) is 99.4 cm³/mol. The second-order valence-electron chi connectivity index (χ2n) is 6.86. The third-order valence-corrected chi connectivity index (χ3v) is 6.55. The summed E-state index contributed by atoms with van der Waals surface area (Å²) in [4.78, 5) is 0. The summed E-state index contributed by atoms with van der Waals surface area (Å²) in [7, 11) is 0. The van der Waals surface area contributed by atoms with Gasteiger partial charge < -0.3 is 5.32 Å². The van der Waals surface area contributed by atoms with E-state index in [4.69, 9.17) is 0 Å². The van der Waals surface area contributed by atoms with Crippen molar-refractivity contribution < 1.29 is 0 Å². The van der Waals surface area contributed by atoms with Crippen LogP contribution in [0.1, 0.15) is 97.8 Å². The Morgan fingerprint density at radius 3 is 2.05 bits per heavy atom. The standard InChI is InChI=1S/C19H39NS/c1-4-16-20-18-14-12-10-8-6-7-9-11-13-15-19(18)21-17(3)5-2/h17-20H,4-16H2,1-3H3. The Morgan fingerprint density at radius 1 is 0.905 bits per heavy atom. The fourth-order valence-corrected chi connectivity index (χ4v) is 4.79. The lowest BCUT2D eigenvalue weighted by Gasteiger charge is -2.30. The van der Waals surface area contributed by atoms with Gasteiger partial charge >= 0.3 is 0 Å². The summed E-state index contributed by atoms with van der Waals surface area (Å²) >= 11 is 2.27. The van der Waals surface area contributed by atoms with E-state index in [1.165, 1.54) is 83.6 Å². The summed E-state index contributed by atoms with van der Waals surface area (Å²) in [6, 6.07) is 0.753. The maximum atomic E-state index is 3.88. The lowest BCUT2D eigenvalue weighted by atomic mass is 9.97. The molecule has 0 saturated heterocycles. The number of nitrogens with one attached hydrogen (secondary N) is 1. The zero-order valence-electron chi connectivity index (χ0n) is 14.8. The molecule has 1 saturated carbocycles. The molecule has 1 rings (SSSR count). The zero-order chi connectivity index (χ0) is 15.3. The maximum absolute atomic E-state index is 3.88. The van der Waals surface area contributed by atoms with Crippen LogP contribution in [-0.4, -0.2) is 23.1 Å². The van der Waals surface area contributed by atoms with E-state index in [9.17, 15) is 0 Å². The summed E-state index contributed by atoms with van der Waals surface area (Å²) < 4.78 is 0. The first-order chi connectivity index (χ1) is 10.3. The third-order valence-electron chi connectivity index (χ3n) is 4.84. The van der Waals surface area contributed by atoms with Gasteiger partial charge in [-0.2, -0.15) is 11.8 Å². The number of hydrogen-bond acceptors (Lipinski definition) is 2. The van der Waals surface area contributed by atoms with Crippen LogP contribution in [0.5, 0.6) is 0 Å². The number of thioether (sulfide) groups is 1. The van der Waals surface area contributed by atoms with E-state index in [2.05, 4.69) is 37.8 Å². The van der Waals surface area contributed by atoms with Crippen LogP contribution in [0.15, 0.2) is 0 Å². The summed E-state index contributed by atoms with van der Waals surface area (Å²) in [6.45, 7) is 8.24. The number of hydrogen-bond donors (Lipinski definition) is 1. The van der Waals surface area contributed by atoms with Gasteiger partial charge in [0.1, 0.15) is 0 Å². The van der Waals surface area contributed by atoms with Crippen molar-refractivity contribution >= 4 is 11.8 Å². The molecule has 2 heteroatoms. The van der Waals surface area contributed by atoms with E-state index in [0.717, 1.165) is 16.5 Å². The molecule has 0 heterocycles. The molecule has 21 heavy (non-hydrogen) atoms. The minimum Gasteiger partial charge on any atom is -0.313 e. The highest BCUT2D eigenvalue weighted by molar-refractivity contribution is 8.00. The monoisotopic (exact) mass is 313 g/mol. The molecule has 0 aromatic carbocycles. The molecule has 3 unspecified atom stereocenters. The van der Waals surface area contributed by atoms with E-state index in [-0.39, 0.29) is 0 Å². The molecular formula is C19H39NS. The topological polar surface area (TPSA) is 12.0 Å². The van der Waals surface area contributed by atoms with Gasteiger partial charge in [-0.15, -0.1) is 0 Å². The van der Waals surface area contributed by atoms with Gasteiger partial charge in [-0.3, -0.25) is 0 Å². The van der Waals surface area contributed by atoms with Crippen LogP contribution in [0.4, 0.5) is 0 Å². The first kappa shape index (κ1) is 19.4. The molecule has 3 atom stereocenters. The van der Waals surface area contributed by atoms with Crippen LogP contribution in [0.3, 0.4) is 0 Å². The molecule has 0 aliphatic heterocycles. The summed E-state index contributed by atoms with van der Waals surface area (Å²) in [5.74, 6) is 0. The Bertz CT molecular complexity index is 232. The van der Waals surface area contributed by atoms with Gasteiger partial charge in [0.2, 0.25) is 0 Å². The van der Waals surface area contributed by atoms with Crippen molar-refractivity contribution in [1.29, 1.82) is 0 Å². The van der Waals surface area contributed by atoms with Gasteiger partial charge in [0.15, 0.2) is 0 Å². The molecule has 1 nitrogen and oxygen atoms in total. The third kappa shape index (κ3) is 9.13. The van der Waals surface area contributed by atoms with Crippen LogP contribution in [0, 0.1) is 0 Å². The average Bonchev–Trinajstić information content (AvgIpc) is 2.49. The second kappa shape index (κ2) is 12.8. The van der Waals surface area contributed by atoms with Crippen molar-refractivity contribution in [2.24, 2.45) is 0 Å². The van der Waals surface area contributed by atoms with Gasteiger partial charge in [0, 0.05) is 16.5 Å². The quantitative estimate of drug-likeness (QED) is 0.629. The highest BCUT2D eigenvalue weighted by Crippen LogP contribution is 2.30. The van der Waals surface area contributed by atoms with Crippen molar-refractivity contribution in [3.05, 3.63) is 0 Å². The molecule has 1 aliphatic carbocycles. The van der Waals surface area contributed by atoms with E-state index in [0.29, 0.717) is 0 Å². The number of rotatable bonds is 6. The highest BCUT2D eigenvalue weighted by Gasteiger charge is 2.22. The van der Waals surface area contributed by atoms with E-state index in [1.54, 1.807) is 0 Å². The molecule has 0 aromatic heterocycles. The summed E-state index contributed by atoms with van der Waals surface area (Å²) in [5, 5.41) is 5.53. The minimum absolute atomic E-state index is 0.753. The Morgan fingerprint density at radius 2 is 1.48 bits per heavy atom. The molecule has 0 aromatic rings. The zero-order valence-corrected chi connectivity index (χ0v) is 15.6. The molecule has 0 bridgehead atoms. The van der Waals surface area contributed by atoms with Crippen molar-refractivity contribution in [2.75, 3.05) is 6.54 Å². The molecule has 0 spiro atoms. The SMILES string of the molecule is CCCNC1CCCCCCCCCCC1SC(C)CC. The Labute approximate surface area is 138 Å². The van der Waals surface area contributed by atoms with Crippen molar-refractivity contribution in [1.82, 2.24) is 5.32 Å². The summed E-state index contributed by atoms with van der Waals surface area (Å²) in [6.07, 6.45) is 17.0. The molecular weight excluding hydrogens is 274 g/mol. The van der Waals surface area contributed by atoms with Gasteiger partial charge in [-0.1, -0.05) is 72.1 Å². The Hall–Kier alpha value is 0.310. The Kier molecular flexibility index (Phi) is 11.8. The molecule has 126 valence electrons. The smallest absolute Gasteiger partial charge is 0.0203 e. The van der Waals surface area contributed by atoms with E-state index in [1.807, 2.05) is 0 Å². The summed E-state index contributed by atoms with van der Waals surface area (Å²) in [5.41, 5.74) is 0. The van der Waals surface area contributed by atoms with Crippen LogP contribution in [0.25, 0.3) is 0 Å². The minimum atomic E-state index is 0.753. The van der Waals surface area contributed by atoms with E-state index >= 15 is 0 Å². The first-order valence-corrected chi connectivity index (χ1v) is 10.6. The fourth-order valence-electron chi connectivity index (χ4n) is 3.28. The molecule has 0 amide bonds. The van der Waals surface area contributed by atoms with Gasteiger partial charge in [-0.05, 0) is 32.2 Å². The lowest BCUT2D eigenvalue weighted by molar-refractivity contribution is 0.413. The molecule has 1 fully saturated rings. The second-order valence-corrected chi connectivity index (χ2v) is 8.54. The van der Waals surface area contributed by atoms with Crippen LogP contribution < -0.4 is 5.32 Å². The van der Waals surface area contributed by atoms with Gasteiger partial charge in [0.05, 0.1) is 0 Å². The largest absolute Gasteiger partial charge is 0.313 e. The predicted octanol–water partition coefficient (Wildman–Crippen LogP) is 6.17. The van der Waals surface area contributed by atoms with Gasteiger partial charge in [-0.25, -0.2) is 0 Å². The average molecular weight is 314 g/mol. The fraction of sp³-hybridized carbons (Fsp3) is 1.00.